The number of hydrogen-bond donors (Lipinski definition) is 1. The van der Waals surface area contributed by atoms with E-state index < -0.39 is 0 Å². The molecule has 1 N–H and O–H groups in total. The molecule has 2 nitrogen and oxygen atoms in total. The van der Waals surface area contributed by atoms with Crippen molar-refractivity contribution in [3.8, 4) is 5.75 Å². The third kappa shape index (κ3) is 1.75. The lowest BCUT2D eigenvalue weighted by atomic mass is 9.98. The van der Waals surface area contributed by atoms with Gasteiger partial charge in [0.25, 0.3) is 0 Å². The summed E-state index contributed by atoms with van der Waals surface area (Å²) in [6, 6.07) is 6.33. The molecule has 14 heavy (non-hydrogen) atoms. The highest BCUT2D eigenvalue weighted by atomic mass is 16.3. The van der Waals surface area contributed by atoms with Crippen LogP contribution in [0.3, 0.4) is 0 Å². The maximum atomic E-state index is 9.35. The standard InChI is InChI=1S/C12H17NO/c1-9(2)13-6-5-10-7-12(14)4-3-11(10)8-13/h3-4,7,9,14H,5-6,8H2,1-2H3. The van der Waals surface area contributed by atoms with Crippen molar-refractivity contribution in [2.24, 2.45) is 0 Å². The number of phenolic OH excluding ortho intramolecular Hbond substituents is 1. The molecule has 0 amide bonds. The summed E-state index contributed by atoms with van der Waals surface area (Å²) < 4.78 is 0. The molecule has 1 aromatic rings. The van der Waals surface area contributed by atoms with Crippen LogP contribution in [0, 0.1) is 0 Å². The van der Waals surface area contributed by atoms with E-state index in [9.17, 15) is 5.11 Å². The van der Waals surface area contributed by atoms with Crippen LogP contribution in [-0.2, 0) is 13.0 Å². The van der Waals surface area contributed by atoms with Crippen LogP contribution in [-0.4, -0.2) is 22.6 Å². The van der Waals surface area contributed by atoms with E-state index >= 15 is 0 Å². The van der Waals surface area contributed by atoms with Gasteiger partial charge in [-0.15, -0.1) is 0 Å². The zero-order valence-electron chi connectivity index (χ0n) is 8.83. The maximum Gasteiger partial charge on any atom is 0.115 e. The molecule has 0 aliphatic carbocycles. The molecule has 0 unspecified atom stereocenters. The molecule has 0 aromatic heterocycles. The maximum absolute atomic E-state index is 9.35. The van der Waals surface area contributed by atoms with Crippen LogP contribution in [0.15, 0.2) is 18.2 Å². The van der Waals surface area contributed by atoms with Gasteiger partial charge in [-0.25, -0.2) is 0 Å². The SMILES string of the molecule is CC(C)N1CCc2cc(O)ccc2C1. The van der Waals surface area contributed by atoms with Crippen molar-refractivity contribution in [3.05, 3.63) is 29.3 Å². The quantitative estimate of drug-likeness (QED) is 0.735. The topological polar surface area (TPSA) is 23.5 Å². The molecular weight excluding hydrogens is 174 g/mol. The van der Waals surface area contributed by atoms with Crippen LogP contribution in [0.2, 0.25) is 0 Å². The average Bonchev–Trinajstić information content (AvgIpc) is 2.16. The predicted octanol–water partition coefficient (Wildman–Crippen LogP) is 2.16. The van der Waals surface area contributed by atoms with Gasteiger partial charge in [0.15, 0.2) is 0 Å². The smallest absolute Gasteiger partial charge is 0.115 e. The Morgan fingerprint density at radius 2 is 2.07 bits per heavy atom. The van der Waals surface area contributed by atoms with Gasteiger partial charge in [-0.05, 0) is 43.5 Å². The molecular formula is C12H17NO. The number of aromatic hydroxyl groups is 1. The molecule has 0 fully saturated rings. The molecule has 1 heterocycles. The minimum atomic E-state index is 0.391. The van der Waals surface area contributed by atoms with E-state index in [4.69, 9.17) is 0 Å². The summed E-state index contributed by atoms with van der Waals surface area (Å²) in [5.74, 6) is 0.391. The molecule has 0 bridgehead atoms. The number of hydrogen-bond acceptors (Lipinski definition) is 2. The second kappa shape index (κ2) is 3.62. The van der Waals surface area contributed by atoms with Crippen LogP contribution >= 0.6 is 0 Å². The lowest BCUT2D eigenvalue weighted by Gasteiger charge is -2.31. The highest BCUT2D eigenvalue weighted by Gasteiger charge is 2.17. The Morgan fingerprint density at radius 3 is 2.79 bits per heavy atom. The highest BCUT2D eigenvalue weighted by molar-refractivity contribution is 5.36. The first kappa shape index (κ1) is 9.53. The van der Waals surface area contributed by atoms with E-state index in [2.05, 4.69) is 18.7 Å². The van der Waals surface area contributed by atoms with E-state index in [-0.39, 0.29) is 0 Å². The van der Waals surface area contributed by atoms with Gasteiger partial charge in [0.05, 0.1) is 0 Å². The highest BCUT2D eigenvalue weighted by Crippen LogP contribution is 2.23. The molecule has 76 valence electrons. The van der Waals surface area contributed by atoms with Gasteiger partial charge in [-0.1, -0.05) is 6.07 Å². The Labute approximate surface area is 85.2 Å². The van der Waals surface area contributed by atoms with Crippen LogP contribution < -0.4 is 0 Å². The summed E-state index contributed by atoms with van der Waals surface area (Å²) in [5.41, 5.74) is 2.67. The molecule has 1 aliphatic rings. The Morgan fingerprint density at radius 1 is 1.29 bits per heavy atom. The number of phenols is 1. The fourth-order valence-corrected chi connectivity index (χ4v) is 2.00. The van der Waals surface area contributed by atoms with E-state index in [0.29, 0.717) is 11.8 Å². The van der Waals surface area contributed by atoms with Gasteiger partial charge in [0, 0.05) is 19.1 Å². The Bertz CT molecular complexity index is 333. The molecule has 2 heteroatoms. The Hall–Kier alpha value is -1.02. The molecule has 1 aromatic carbocycles. The third-order valence-corrected chi connectivity index (χ3v) is 2.96. The number of fused-ring (bicyclic) bond motifs is 1. The zero-order valence-corrected chi connectivity index (χ0v) is 8.83. The van der Waals surface area contributed by atoms with Gasteiger partial charge in [-0.3, -0.25) is 4.90 Å². The van der Waals surface area contributed by atoms with Crippen molar-refractivity contribution < 1.29 is 5.11 Å². The first-order chi connectivity index (χ1) is 6.66. The van der Waals surface area contributed by atoms with Gasteiger partial charge in [-0.2, -0.15) is 0 Å². The summed E-state index contributed by atoms with van der Waals surface area (Å²) in [7, 11) is 0. The van der Waals surface area contributed by atoms with Crippen LogP contribution in [0.4, 0.5) is 0 Å². The largest absolute Gasteiger partial charge is 0.508 e. The first-order valence-electron chi connectivity index (χ1n) is 5.21. The van der Waals surface area contributed by atoms with Gasteiger partial charge in [0.2, 0.25) is 0 Å². The number of benzene rings is 1. The minimum Gasteiger partial charge on any atom is -0.508 e. The second-order valence-corrected chi connectivity index (χ2v) is 4.27. The van der Waals surface area contributed by atoms with Gasteiger partial charge >= 0.3 is 0 Å². The first-order valence-corrected chi connectivity index (χ1v) is 5.21. The summed E-state index contributed by atoms with van der Waals surface area (Å²) >= 11 is 0. The molecule has 0 radical (unpaired) electrons. The third-order valence-electron chi connectivity index (χ3n) is 2.96. The summed E-state index contributed by atoms with van der Waals surface area (Å²) in [6.45, 7) is 6.58. The van der Waals surface area contributed by atoms with Crippen molar-refractivity contribution in [2.75, 3.05) is 6.54 Å². The molecule has 0 saturated heterocycles. The van der Waals surface area contributed by atoms with Gasteiger partial charge < -0.3 is 5.11 Å². The van der Waals surface area contributed by atoms with Crippen molar-refractivity contribution >= 4 is 0 Å². The normalized spacial score (nSPS) is 17.1. The van der Waals surface area contributed by atoms with Crippen molar-refractivity contribution in [1.82, 2.24) is 4.90 Å². The van der Waals surface area contributed by atoms with Crippen LogP contribution in [0.25, 0.3) is 0 Å². The van der Waals surface area contributed by atoms with E-state index in [1.807, 2.05) is 12.1 Å². The second-order valence-electron chi connectivity index (χ2n) is 4.27. The lowest BCUT2D eigenvalue weighted by molar-refractivity contribution is 0.203. The molecule has 0 saturated carbocycles. The van der Waals surface area contributed by atoms with E-state index in [1.165, 1.54) is 11.1 Å². The molecule has 0 atom stereocenters. The van der Waals surface area contributed by atoms with Gasteiger partial charge in [0.1, 0.15) is 5.75 Å². The Kier molecular flexibility index (Phi) is 2.46. The van der Waals surface area contributed by atoms with Crippen LogP contribution in [0.5, 0.6) is 5.75 Å². The monoisotopic (exact) mass is 191 g/mol. The fourth-order valence-electron chi connectivity index (χ4n) is 2.00. The number of rotatable bonds is 1. The minimum absolute atomic E-state index is 0.391. The summed E-state index contributed by atoms with van der Waals surface area (Å²) in [5, 5.41) is 9.35. The van der Waals surface area contributed by atoms with Crippen molar-refractivity contribution in [2.45, 2.75) is 32.9 Å². The molecule has 0 spiro atoms. The number of nitrogens with zero attached hydrogens (tertiary/aromatic N) is 1. The molecule has 1 aliphatic heterocycles. The summed E-state index contributed by atoms with van der Waals surface area (Å²) in [4.78, 5) is 2.46. The fraction of sp³-hybridized carbons (Fsp3) is 0.500. The molecule has 2 rings (SSSR count). The average molecular weight is 191 g/mol. The Balaban J connectivity index is 2.23. The predicted molar refractivity (Wildman–Crippen MR) is 57.4 cm³/mol. The van der Waals surface area contributed by atoms with Crippen molar-refractivity contribution in [1.29, 1.82) is 0 Å². The van der Waals surface area contributed by atoms with Crippen molar-refractivity contribution in [3.63, 3.8) is 0 Å². The van der Waals surface area contributed by atoms with Crippen LogP contribution in [0.1, 0.15) is 25.0 Å². The summed E-state index contributed by atoms with van der Waals surface area (Å²) in [6.07, 6.45) is 1.06. The lowest BCUT2D eigenvalue weighted by Crippen LogP contribution is -2.35. The zero-order chi connectivity index (χ0) is 10.1. The van der Waals surface area contributed by atoms with E-state index in [0.717, 1.165) is 19.5 Å². The van der Waals surface area contributed by atoms with E-state index in [1.54, 1.807) is 6.07 Å².